The van der Waals surface area contributed by atoms with Crippen LogP contribution >= 0.6 is 19.8 Å². The topological polar surface area (TPSA) is 0 Å². The van der Waals surface area contributed by atoms with Crippen molar-refractivity contribution >= 4 is 19.8 Å². The summed E-state index contributed by atoms with van der Waals surface area (Å²) in [5.41, 5.74) is 5.62. The van der Waals surface area contributed by atoms with Crippen molar-refractivity contribution in [3.8, 4) is 0 Å². The molecule has 0 aliphatic rings. The van der Waals surface area contributed by atoms with Crippen molar-refractivity contribution in [1.82, 2.24) is 0 Å². The van der Waals surface area contributed by atoms with Crippen LogP contribution in [-0.4, -0.2) is 4.93 Å². The van der Waals surface area contributed by atoms with Crippen LogP contribution in [0.15, 0.2) is 36.4 Å². The molecule has 0 saturated carbocycles. The fourth-order valence-corrected chi connectivity index (χ4v) is 5.91. The number of benzene rings is 2. The summed E-state index contributed by atoms with van der Waals surface area (Å²) in [6, 6.07) is 13.9. The van der Waals surface area contributed by atoms with Crippen molar-refractivity contribution < 1.29 is 0 Å². The molecule has 0 unspecified atom stereocenters. The maximum atomic E-state index is 2.44. The van der Waals surface area contributed by atoms with Crippen LogP contribution in [0.5, 0.6) is 0 Å². The van der Waals surface area contributed by atoms with Crippen LogP contribution in [0, 0.1) is 34.8 Å². The molecule has 0 aromatic heterocycles. The third kappa shape index (κ3) is 2.77. The Kier molecular flexibility index (Phi) is 4.10. The fourth-order valence-electron chi connectivity index (χ4n) is 1.89. The van der Waals surface area contributed by atoms with Crippen LogP contribution in [0.25, 0.3) is 0 Å². The first kappa shape index (κ1) is 13.6. The molecule has 0 atom stereocenters. The van der Waals surface area contributed by atoms with Crippen molar-refractivity contribution in [2.24, 2.45) is 0 Å². The molecular weight excluding hydrogens is 331 g/mol. The Hall–Kier alpha value is -0.830. The predicted octanol–water partition coefficient (Wildman–Crippen LogP) is 5.10. The Morgan fingerprint density at radius 1 is 0.611 bits per heavy atom. The van der Waals surface area contributed by atoms with Crippen molar-refractivity contribution in [3.63, 3.8) is 0 Å². The van der Waals surface area contributed by atoms with Crippen LogP contribution in [0.1, 0.15) is 22.3 Å². The van der Waals surface area contributed by atoms with Gasteiger partial charge in [0.05, 0.1) is 0 Å². The number of hydrogen-bond donors (Lipinski definition) is 0. The van der Waals surface area contributed by atoms with Gasteiger partial charge < -0.3 is 0 Å². The Labute approximate surface area is 118 Å². The number of rotatable bonds is 2. The van der Waals surface area contributed by atoms with Gasteiger partial charge in [0.15, 0.2) is 0 Å². The van der Waals surface area contributed by atoms with E-state index in [0.717, 1.165) is 0 Å². The Bertz CT molecular complexity index is 518. The molecule has 0 fully saturated rings. The molecule has 2 aromatic rings. The first-order valence-electron chi connectivity index (χ1n) is 6.23. The van der Waals surface area contributed by atoms with Gasteiger partial charge in [-0.2, -0.15) is 0 Å². The Morgan fingerprint density at radius 2 is 1.00 bits per heavy atom. The van der Waals surface area contributed by atoms with Gasteiger partial charge in [0.2, 0.25) is 0 Å². The summed E-state index contributed by atoms with van der Waals surface area (Å²) in [4.78, 5) is 2.44. The normalized spacial score (nSPS) is 11.5. The van der Waals surface area contributed by atoms with E-state index in [9.17, 15) is 0 Å². The van der Waals surface area contributed by atoms with Crippen LogP contribution in [0.2, 0.25) is 0 Å². The van der Waals surface area contributed by atoms with E-state index >= 15 is 0 Å². The molecule has 0 radical (unpaired) electrons. The molecule has 0 bridgehead atoms. The van der Waals surface area contributed by atoms with Crippen molar-refractivity contribution in [2.45, 2.75) is 27.7 Å². The quantitative estimate of drug-likeness (QED) is 0.521. The molecule has 1 heteroatoms. The van der Waals surface area contributed by atoms with Gasteiger partial charge in [0, 0.05) is 0 Å². The molecule has 2 rings (SSSR count). The molecule has 2 aromatic carbocycles. The average Bonchev–Trinajstić information content (AvgIpc) is 2.35. The van der Waals surface area contributed by atoms with Crippen molar-refractivity contribution in [3.05, 3.63) is 65.8 Å². The SMILES string of the molecule is Cc1ccc(I(C)c2ccc(C)c(C)c2)cc1C. The van der Waals surface area contributed by atoms with E-state index < -0.39 is 19.8 Å². The van der Waals surface area contributed by atoms with Gasteiger partial charge in [-0.05, 0) is 0 Å². The zero-order valence-corrected chi connectivity index (χ0v) is 14.0. The number of hydrogen-bond acceptors (Lipinski definition) is 0. The fraction of sp³-hybridized carbons (Fsp3) is 0.294. The molecule has 0 amide bonds. The second kappa shape index (κ2) is 5.43. The van der Waals surface area contributed by atoms with Crippen molar-refractivity contribution in [2.75, 3.05) is 4.93 Å². The molecule has 0 aliphatic carbocycles. The van der Waals surface area contributed by atoms with E-state index in [2.05, 4.69) is 69.0 Å². The van der Waals surface area contributed by atoms with Crippen LogP contribution in [0.4, 0.5) is 0 Å². The standard InChI is InChI=1S/C17H21I/c1-12-6-8-16(10-14(12)3)18(5)17-9-7-13(2)15(4)11-17/h6-11H,1-5H3. The summed E-state index contributed by atoms with van der Waals surface area (Å²) in [6.45, 7) is 8.79. The second-order valence-electron chi connectivity index (χ2n) is 4.93. The minimum atomic E-state index is -1.21. The van der Waals surface area contributed by atoms with Crippen LogP contribution < -0.4 is 0 Å². The molecule has 0 saturated heterocycles. The van der Waals surface area contributed by atoms with Gasteiger partial charge in [0.1, 0.15) is 0 Å². The van der Waals surface area contributed by atoms with Crippen LogP contribution in [0.3, 0.4) is 0 Å². The summed E-state index contributed by atoms with van der Waals surface area (Å²) < 4.78 is 3.12. The van der Waals surface area contributed by atoms with Crippen molar-refractivity contribution in [1.29, 1.82) is 0 Å². The maximum absolute atomic E-state index is 2.44. The van der Waals surface area contributed by atoms with E-state index in [-0.39, 0.29) is 0 Å². The predicted molar refractivity (Wildman–Crippen MR) is 89.2 cm³/mol. The van der Waals surface area contributed by atoms with E-state index in [1.54, 1.807) is 7.14 Å². The summed E-state index contributed by atoms with van der Waals surface area (Å²) in [5.74, 6) is 0. The van der Waals surface area contributed by atoms with E-state index in [1.807, 2.05) is 0 Å². The van der Waals surface area contributed by atoms with Gasteiger partial charge in [0.25, 0.3) is 0 Å². The third-order valence-electron chi connectivity index (χ3n) is 3.59. The summed E-state index contributed by atoms with van der Waals surface area (Å²) >= 11 is -1.21. The molecule has 0 nitrogen and oxygen atoms in total. The summed E-state index contributed by atoms with van der Waals surface area (Å²) in [7, 11) is 0. The Morgan fingerprint density at radius 3 is 1.33 bits per heavy atom. The Balaban J connectivity index is 2.37. The van der Waals surface area contributed by atoms with Gasteiger partial charge in [-0.1, -0.05) is 0 Å². The van der Waals surface area contributed by atoms with E-state index in [4.69, 9.17) is 0 Å². The summed E-state index contributed by atoms with van der Waals surface area (Å²) in [5, 5.41) is 0. The molecule has 96 valence electrons. The van der Waals surface area contributed by atoms with Gasteiger partial charge >= 0.3 is 118 Å². The molecule has 0 N–H and O–H groups in total. The first-order chi connectivity index (χ1) is 8.49. The van der Waals surface area contributed by atoms with Gasteiger partial charge in [-0.15, -0.1) is 0 Å². The minimum absolute atomic E-state index is 1.21. The van der Waals surface area contributed by atoms with Crippen LogP contribution in [-0.2, 0) is 0 Å². The zero-order chi connectivity index (χ0) is 13.3. The van der Waals surface area contributed by atoms with E-state index in [1.165, 1.54) is 22.3 Å². The average molecular weight is 352 g/mol. The second-order valence-corrected chi connectivity index (χ2v) is 10.1. The molecular formula is C17H21I. The molecule has 0 spiro atoms. The molecule has 0 heterocycles. The molecule has 18 heavy (non-hydrogen) atoms. The summed E-state index contributed by atoms with van der Waals surface area (Å²) in [6.07, 6.45) is 0. The number of alkyl halides is 1. The van der Waals surface area contributed by atoms with Gasteiger partial charge in [-0.25, -0.2) is 0 Å². The monoisotopic (exact) mass is 352 g/mol. The number of halogens is 1. The molecule has 0 aliphatic heterocycles. The third-order valence-corrected chi connectivity index (χ3v) is 8.67. The van der Waals surface area contributed by atoms with Gasteiger partial charge in [-0.3, -0.25) is 0 Å². The number of aryl methyl sites for hydroxylation is 4. The van der Waals surface area contributed by atoms with E-state index in [0.29, 0.717) is 0 Å². The zero-order valence-electron chi connectivity index (χ0n) is 11.8. The first-order valence-corrected chi connectivity index (χ1v) is 10.5.